The molecular formula is C43H66ClN3O2. The molecule has 6 aliphatic rings. The fourth-order valence-electron chi connectivity index (χ4n) is 13.9. The maximum atomic E-state index is 12.1. The number of benzene rings is 1. The zero-order valence-corrected chi connectivity index (χ0v) is 32.6. The molecule has 5 fully saturated rings. The summed E-state index contributed by atoms with van der Waals surface area (Å²) in [4.78, 5) is 14.8. The number of ether oxygens (including phenoxy) is 1. The lowest BCUT2D eigenvalue weighted by Gasteiger charge is -2.72. The molecule has 7 rings (SSSR count). The standard InChI is InChI=1S/C43H65N3O2.ClH/c1-29(2)32-15-20-43(45-25-28-46-26-23-44-24-27-46)22-21-41(6)34(37(32)43)13-14-36-40(5)18-16-33(30-9-11-31(12-10-30)38(47)48-8)39(3,4)35(40)17-19-42(36,41)7;/h9-12,16,32,34-37,44-45H,1,13-15,17-28H2,2-8H3;1H/t32-,34+,35-,36+,37+,40-,41+,42+,43-;/m0./s1. The van der Waals surface area contributed by atoms with Gasteiger partial charge in [0.25, 0.3) is 0 Å². The first kappa shape index (κ1) is 37.1. The van der Waals surface area contributed by atoms with Crippen molar-refractivity contribution in [2.24, 2.45) is 51.2 Å². The van der Waals surface area contributed by atoms with Gasteiger partial charge in [0.1, 0.15) is 0 Å². The summed E-state index contributed by atoms with van der Waals surface area (Å²) in [6.45, 7) is 27.1. The van der Waals surface area contributed by atoms with Gasteiger partial charge in [0.2, 0.25) is 0 Å². The second kappa shape index (κ2) is 13.4. The summed E-state index contributed by atoms with van der Waals surface area (Å²) in [6.07, 6.45) is 14.5. The molecule has 5 aliphatic carbocycles. The van der Waals surface area contributed by atoms with Crippen LogP contribution in [0.5, 0.6) is 0 Å². The third-order valence-electron chi connectivity index (χ3n) is 16.4. The quantitative estimate of drug-likeness (QED) is 0.221. The van der Waals surface area contributed by atoms with Gasteiger partial charge in [0.15, 0.2) is 0 Å². The van der Waals surface area contributed by atoms with E-state index in [1.54, 1.807) is 0 Å². The normalized spacial score (nSPS) is 41.2. The minimum Gasteiger partial charge on any atom is -0.465 e. The highest BCUT2D eigenvalue weighted by Gasteiger charge is 2.70. The van der Waals surface area contributed by atoms with Crippen LogP contribution in [0.15, 0.2) is 42.5 Å². The molecule has 1 saturated heterocycles. The van der Waals surface area contributed by atoms with E-state index in [-0.39, 0.29) is 29.3 Å². The van der Waals surface area contributed by atoms with E-state index in [1.165, 1.54) is 94.8 Å². The molecule has 272 valence electrons. The number of nitrogens with zero attached hydrogens (tertiary/aromatic N) is 1. The molecule has 1 heterocycles. The fourth-order valence-corrected chi connectivity index (χ4v) is 13.9. The number of allylic oxidation sites excluding steroid dienone is 3. The lowest BCUT2D eigenvalue weighted by atomic mass is 9.33. The zero-order valence-electron chi connectivity index (χ0n) is 31.8. The Morgan fingerprint density at radius 2 is 1.65 bits per heavy atom. The van der Waals surface area contributed by atoms with Crippen LogP contribution in [0.3, 0.4) is 0 Å². The van der Waals surface area contributed by atoms with E-state index >= 15 is 0 Å². The van der Waals surface area contributed by atoms with Crippen LogP contribution in [0.1, 0.15) is 115 Å². The molecule has 0 bridgehead atoms. The third-order valence-corrected chi connectivity index (χ3v) is 16.4. The topological polar surface area (TPSA) is 53.6 Å². The number of hydrogen-bond acceptors (Lipinski definition) is 5. The molecule has 0 spiro atoms. The van der Waals surface area contributed by atoms with Crippen molar-refractivity contribution in [2.75, 3.05) is 46.4 Å². The molecule has 0 aromatic heterocycles. The predicted octanol–water partition coefficient (Wildman–Crippen LogP) is 8.79. The molecule has 6 heteroatoms. The molecule has 5 nitrogen and oxygen atoms in total. The summed E-state index contributed by atoms with van der Waals surface area (Å²) < 4.78 is 4.97. The van der Waals surface area contributed by atoms with Crippen molar-refractivity contribution in [3.8, 4) is 0 Å². The molecule has 49 heavy (non-hydrogen) atoms. The minimum absolute atomic E-state index is 0. The van der Waals surface area contributed by atoms with Gasteiger partial charge < -0.3 is 15.4 Å². The first-order valence-electron chi connectivity index (χ1n) is 19.5. The summed E-state index contributed by atoms with van der Waals surface area (Å²) in [7, 11) is 1.46. The van der Waals surface area contributed by atoms with Gasteiger partial charge in [-0.05, 0) is 139 Å². The average molecular weight is 692 g/mol. The van der Waals surface area contributed by atoms with Crippen LogP contribution in [-0.4, -0.2) is 62.8 Å². The van der Waals surface area contributed by atoms with Gasteiger partial charge in [0.05, 0.1) is 12.7 Å². The van der Waals surface area contributed by atoms with Crippen LogP contribution in [-0.2, 0) is 4.74 Å². The highest BCUT2D eigenvalue weighted by Crippen LogP contribution is 2.76. The maximum Gasteiger partial charge on any atom is 0.337 e. The van der Waals surface area contributed by atoms with Gasteiger partial charge in [-0.3, -0.25) is 4.90 Å². The van der Waals surface area contributed by atoms with E-state index in [0.717, 1.165) is 37.9 Å². The van der Waals surface area contributed by atoms with Gasteiger partial charge in [-0.2, -0.15) is 0 Å². The summed E-state index contributed by atoms with van der Waals surface area (Å²) >= 11 is 0. The largest absolute Gasteiger partial charge is 0.465 e. The first-order valence-corrected chi connectivity index (χ1v) is 19.5. The summed E-state index contributed by atoms with van der Waals surface area (Å²) in [5.41, 5.74) is 6.14. The Kier molecular flexibility index (Phi) is 10.1. The van der Waals surface area contributed by atoms with E-state index < -0.39 is 0 Å². The number of carbonyl (C=O) groups excluding carboxylic acids is 1. The Labute approximate surface area is 304 Å². The number of fused-ring (bicyclic) bond motifs is 7. The van der Waals surface area contributed by atoms with Crippen molar-refractivity contribution in [3.63, 3.8) is 0 Å². The molecule has 0 unspecified atom stereocenters. The van der Waals surface area contributed by atoms with Crippen LogP contribution in [0, 0.1) is 51.2 Å². The third kappa shape index (κ3) is 5.71. The Hall–Kier alpha value is -1.66. The van der Waals surface area contributed by atoms with Gasteiger partial charge in [-0.15, -0.1) is 12.4 Å². The van der Waals surface area contributed by atoms with Crippen molar-refractivity contribution in [1.29, 1.82) is 0 Å². The van der Waals surface area contributed by atoms with Gasteiger partial charge >= 0.3 is 5.97 Å². The lowest BCUT2D eigenvalue weighted by molar-refractivity contribution is -0.219. The number of piperazine rings is 1. The van der Waals surface area contributed by atoms with E-state index in [4.69, 9.17) is 4.74 Å². The Balaban J connectivity index is 0.00000417. The summed E-state index contributed by atoms with van der Waals surface area (Å²) in [5, 5.41) is 7.85. The predicted molar refractivity (Wildman–Crippen MR) is 205 cm³/mol. The number of nitrogens with one attached hydrogen (secondary N) is 2. The van der Waals surface area contributed by atoms with Crippen LogP contribution in [0.25, 0.3) is 5.57 Å². The van der Waals surface area contributed by atoms with Crippen LogP contribution >= 0.6 is 12.4 Å². The lowest BCUT2D eigenvalue weighted by Crippen LogP contribution is -2.68. The van der Waals surface area contributed by atoms with E-state index in [0.29, 0.717) is 39.6 Å². The number of hydrogen-bond donors (Lipinski definition) is 2. The number of halogens is 1. The second-order valence-electron chi connectivity index (χ2n) is 18.5. The maximum absolute atomic E-state index is 12.1. The molecular weight excluding hydrogens is 626 g/mol. The number of esters is 1. The van der Waals surface area contributed by atoms with E-state index in [9.17, 15) is 4.79 Å². The first-order chi connectivity index (χ1) is 22.8. The molecule has 0 amide bonds. The van der Waals surface area contributed by atoms with Crippen molar-refractivity contribution in [1.82, 2.24) is 15.5 Å². The smallest absolute Gasteiger partial charge is 0.337 e. The summed E-state index contributed by atoms with van der Waals surface area (Å²) in [6, 6.07) is 8.17. The van der Waals surface area contributed by atoms with Crippen LogP contribution in [0.4, 0.5) is 0 Å². The Morgan fingerprint density at radius 3 is 2.33 bits per heavy atom. The average Bonchev–Trinajstić information content (AvgIpc) is 3.45. The Bertz CT molecular complexity index is 1430. The van der Waals surface area contributed by atoms with Crippen molar-refractivity contribution < 1.29 is 9.53 Å². The van der Waals surface area contributed by atoms with Crippen LogP contribution in [0.2, 0.25) is 0 Å². The molecule has 4 saturated carbocycles. The molecule has 1 aromatic rings. The van der Waals surface area contributed by atoms with Gasteiger partial charge in [-0.1, -0.05) is 65.0 Å². The van der Waals surface area contributed by atoms with Gasteiger partial charge in [0, 0.05) is 44.8 Å². The van der Waals surface area contributed by atoms with Gasteiger partial charge in [-0.25, -0.2) is 4.79 Å². The molecule has 1 aromatic carbocycles. The summed E-state index contributed by atoms with van der Waals surface area (Å²) in [5.74, 6) is 3.24. The fraction of sp³-hybridized carbons (Fsp3) is 0.744. The van der Waals surface area contributed by atoms with Crippen molar-refractivity contribution >= 4 is 23.9 Å². The highest BCUT2D eigenvalue weighted by atomic mass is 35.5. The molecule has 9 atom stereocenters. The number of rotatable bonds is 7. The molecule has 2 N–H and O–H groups in total. The Morgan fingerprint density at radius 1 is 0.939 bits per heavy atom. The molecule has 0 radical (unpaired) electrons. The van der Waals surface area contributed by atoms with E-state index in [2.05, 4.69) is 81.9 Å². The van der Waals surface area contributed by atoms with Crippen molar-refractivity contribution in [2.45, 2.75) is 105 Å². The molecule has 1 aliphatic heterocycles. The minimum atomic E-state index is -0.264. The SMILES string of the molecule is C=C(C)[C@@H]1CC[C@]2(NCCN3CCNCC3)CC[C@]3(C)[C@H](CC[C@@H]4[C@@]5(C)CC=C(c6ccc(C(=O)OC)cc6)C(C)(C)[C@@H]5CC[C@]43C)[C@@H]12.Cl. The number of methoxy groups -OCH3 is 1. The number of carbonyl (C=O) groups is 1. The zero-order chi connectivity index (χ0) is 34.1. The van der Waals surface area contributed by atoms with Crippen LogP contribution < -0.4 is 10.6 Å². The monoisotopic (exact) mass is 691 g/mol. The van der Waals surface area contributed by atoms with E-state index in [1.807, 2.05) is 12.1 Å². The second-order valence-corrected chi connectivity index (χ2v) is 18.5. The highest BCUT2D eigenvalue weighted by molar-refractivity contribution is 5.90. The van der Waals surface area contributed by atoms with Crippen molar-refractivity contribution in [3.05, 3.63) is 53.6 Å².